The molecule has 2 N–H and O–H groups in total. The fourth-order valence-electron chi connectivity index (χ4n) is 3.77. The lowest BCUT2D eigenvalue weighted by molar-refractivity contribution is 0.102. The minimum Gasteiger partial charge on any atom is -0.493 e. The number of hydrogen-bond acceptors (Lipinski definition) is 4. The van der Waals surface area contributed by atoms with Crippen LogP contribution in [-0.4, -0.2) is 25.5 Å². The first-order chi connectivity index (χ1) is 16.1. The van der Waals surface area contributed by atoms with Gasteiger partial charge in [-0.15, -0.1) is 0 Å². The SMILES string of the molecule is C=CCOc1ccc(C2NC(=O)NC(c3ccccc3)=C2C(=O)c2ccccc2)cc1OC. The number of nitrogens with one attached hydrogen (secondary N) is 2. The average molecular weight is 440 g/mol. The molecule has 1 unspecified atom stereocenters. The van der Waals surface area contributed by atoms with Gasteiger partial charge in [0, 0.05) is 5.56 Å². The second-order valence-electron chi connectivity index (χ2n) is 7.39. The second-order valence-corrected chi connectivity index (χ2v) is 7.39. The maximum atomic E-state index is 13.7. The lowest BCUT2D eigenvalue weighted by atomic mass is 9.87. The van der Waals surface area contributed by atoms with Crippen LogP contribution < -0.4 is 20.1 Å². The monoisotopic (exact) mass is 440 g/mol. The number of methoxy groups -OCH3 is 1. The van der Waals surface area contributed by atoms with Crippen molar-refractivity contribution in [3.8, 4) is 11.5 Å². The summed E-state index contributed by atoms with van der Waals surface area (Å²) < 4.78 is 11.2. The Morgan fingerprint density at radius 1 is 1.00 bits per heavy atom. The molecule has 0 saturated carbocycles. The molecule has 2 amide bonds. The molecule has 6 nitrogen and oxygen atoms in total. The number of Topliss-reactive ketones (excluding diaryl/α,β-unsaturated/α-hetero) is 1. The molecule has 166 valence electrons. The van der Waals surface area contributed by atoms with Gasteiger partial charge in [-0.25, -0.2) is 4.79 Å². The van der Waals surface area contributed by atoms with Gasteiger partial charge in [0.1, 0.15) is 6.61 Å². The fourth-order valence-corrected chi connectivity index (χ4v) is 3.77. The van der Waals surface area contributed by atoms with Gasteiger partial charge in [-0.2, -0.15) is 0 Å². The fraction of sp³-hybridized carbons (Fsp3) is 0.111. The summed E-state index contributed by atoms with van der Waals surface area (Å²) in [5.41, 5.74) is 2.88. The summed E-state index contributed by atoms with van der Waals surface area (Å²) in [5.74, 6) is 0.859. The van der Waals surface area contributed by atoms with Crippen molar-refractivity contribution in [1.29, 1.82) is 0 Å². The van der Waals surface area contributed by atoms with Gasteiger partial charge >= 0.3 is 6.03 Å². The molecule has 0 bridgehead atoms. The molecule has 1 aliphatic heterocycles. The predicted molar refractivity (Wildman–Crippen MR) is 127 cm³/mol. The number of carbonyl (C=O) groups excluding carboxylic acids is 2. The number of hydrogen-bond donors (Lipinski definition) is 2. The number of benzene rings is 3. The molecule has 1 atom stereocenters. The van der Waals surface area contributed by atoms with Crippen LogP contribution >= 0.6 is 0 Å². The van der Waals surface area contributed by atoms with Crippen LogP contribution in [0.3, 0.4) is 0 Å². The van der Waals surface area contributed by atoms with Crippen LogP contribution in [0.4, 0.5) is 4.79 Å². The van der Waals surface area contributed by atoms with Gasteiger partial charge < -0.3 is 20.1 Å². The highest BCUT2D eigenvalue weighted by Crippen LogP contribution is 2.37. The van der Waals surface area contributed by atoms with Gasteiger partial charge in [0.2, 0.25) is 0 Å². The first-order valence-corrected chi connectivity index (χ1v) is 10.5. The van der Waals surface area contributed by atoms with Crippen molar-refractivity contribution in [2.75, 3.05) is 13.7 Å². The average Bonchev–Trinajstić information content (AvgIpc) is 2.87. The third-order valence-corrected chi connectivity index (χ3v) is 5.29. The highest BCUT2D eigenvalue weighted by atomic mass is 16.5. The van der Waals surface area contributed by atoms with E-state index in [0.29, 0.717) is 40.5 Å². The van der Waals surface area contributed by atoms with E-state index >= 15 is 0 Å². The Bertz CT molecular complexity index is 1200. The molecule has 0 fully saturated rings. The second kappa shape index (κ2) is 9.87. The van der Waals surface area contributed by atoms with E-state index in [9.17, 15) is 9.59 Å². The van der Waals surface area contributed by atoms with E-state index in [1.54, 1.807) is 37.5 Å². The first kappa shape index (κ1) is 21.9. The van der Waals surface area contributed by atoms with Crippen LogP contribution in [0.25, 0.3) is 5.70 Å². The molecule has 1 aliphatic rings. The number of ether oxygens (including phenoxy) is 2. The first-order valence-electron chi connectivity index (χ1n) is 10.5. The Balaban J connectivity index is 1.87. The van der Waals surface area contributed by atoms with Gasteiger partial charge in [-0.3, -0.25) is 4.79 Å². The van der Waals surface area contributed by atoms with Gasteiger partial charge in [-0.05, 0) is 23.3 Å². The summed E-state index contributed by atoms with van der Waals surface area (Å²) in [6.07, 6.45) is 1.64. The lowest BCUT2D eigenvalue weighted by Crippen LogP contribution is -2.45. The number of rotatable bonds is 8. The third kappa shape index (κ3) is 4.65. The Labute approximate surface area is 192 Å². The van der Waals surface area contributed by atoms with E-state index in [1.165, 1.54) is 0 Å². The maximum Gasteiger partial charge on any atom is 0.320 e. The number of ketones is 1. The van der Waals surface area contributed by atoms with Crippen molar-refractivity contribution < 1.29 is 19.1 Å². The van der Waals surface area contributed by atoms with E-state index in [0.717, 1.165) is 5.56 Å². The van der Waals surface area contributed by atoms with Crippen LogP contribution in [-0.2, 0) is 0 Å². The van der Waals surface area contributed by atoms with E-state index < -0.39 is 12.1 Å². The summed E-state index contributed by atoms with van der Waals surface area (Å²) in [4.78, 5) is 26.4. The van der Waals surface area contributed by atoms with Gasteiger partial charge in [0.15, 0.2) is 17.3 Å². The zero-order chi connectivity index (χ0) is 23.2. The topological polar surface area (TPSA) is 76.7 Å². The Kier molecular flexibility index (Phi) is 6.55. The zero-order valence-electron chi connectivity index (χ0n) is 18.2. The molecule has 0 radical (unpaired) electrons. The Morgan fingerprint density at radius 2 is 1.70 bits per heavy atom. The van der Waals surface area contributed by atoms with Gasteiger partial charge in [0.05, 0.1) is 24.4 Å². The van der Waals surface area contributed by atoms with Crippen molar-refractivity contribution in [1.82, 2.24) is 10.6 Å². The summed E-state index contributed by atoms with van der Waals surface area (Å²) in [6.45, 7) is 3.99. The third-order valence-electron chi connectivity index (χ3n) is 5.29. The van der Waals surface area contributed by atoms with E-state index in [4.69, 9.17) is 9.47 Å². The molecule has 0 aromatic heterocycles. The van der Waals surface area contributed by atoms with Crippen LogP contribution in [0.1, 0.15) is 27.5 Å². The zero-order valence-corrected chi connectivity index (χ0v) is 18.2. The van der Waals surface area contributed by atoms with Crippen LogP contribution in [0, 0.1) is 0 Å². The maximum absolute atomic E-state index is 13.7. The molecule has 3 aromatic rings. The molecular weight excluding hydrogens is 416 g/mol. The van der Waals surface area contributed by atoms with Crippen molar-refractivity contribution in [3.63, 3.8) is 0 Å². The molecule has 1 heterocycles. The molecule has 3 aromatic carbocycles. The van der Waals surface area contributed by atoms with Crippen molar-refractivity contribution >= 4 is 17.5 Å². The number of urea groups is 1. The minimum absolute atomic E-state index is 0.182. The Morgan fingerprint density at radius 3 is 2.36 bits per heavy atom. The Hall–Kier alpha value is -4.32. The lowest BCUT2D eigenvalue weighted by Gasteiger charge is -2.30. The molecule has 6 heteroatoms. The quantitative estimate of drug-likeness (QED) is 0.386. The normalized spacial score (nSPS) is 15.3. The molecule has 0 spiro atoms. The van der Waals surface area contributed by atoms with Crippen LogP contribution in [0.15, 0.2) is 97.1 Å². The van der Waals surface area contributed by atoms with Crippen LogP contribution in [0.5, 0.6) is 11.5 Å². The predicted octanol–water partition coefficient (Wildman–Crippen LogP) is 4.91. The molecule has 0 saturated heterocycles. The van der Waals surface area contributed by atoms with E-state index in [1.807, 2.05) is 54.6 Å². The largest absolute Gasteiger partial charge is 0.493 e. The number of amides is 2. The standard InChI is InChI=1S/C27H24N2O4/c1-3-16-33-21-15-14-20(17-22(21)32-2)25-23(26(30)19-12-8-5-9-13-19)24(28-27(31)29-25)18-10-6-4-7-11-18/h3-15,17,25H,1,16H2,2H3,(H2,28,29,31). The highest BCUT2D eigenvalue weighted by Gasteiger charge is 2.34. The van der Waals surface area contributed by atoms with Crippen molar-refractivity contribution in [3.05, 3.63) is 114 Å². The summed E-state index contributed by atoms with van der Waals surface area (Å²) >= 11 is 0. The van der Waals surface area contributed by atoms with E-state index in [2.05, 4.69) is 17.2 Å². The van der Waals surface area contributed by atoms with Gasteiger partial charge in [-0.1, -0.05) is 79.4 Å². The molecule has 0 aliphatic carbocycles. The van der Waals surface area contributed by atoms with Crippen molar-refractivity contribution in [2.45, 2.75) is 6.04 Å². The van der Waals surface area contributed by atoms with Crippen LogP contribution in [0.2, 0.25) is 0 Å². The summed E-state index contributed by atoms with van der Waals surface area (Å²) in [6, 6.07) is 22.6. The van der Waals surface area contributed by atoms with Gasteiger partial charge in [0.25, 0.3) is 0 Å². The summed E-state index contributed by atoms with van der Waals surface area (Å²) in [7, 11) is 1.54. The molecule has 33 heavy (non-hydrogen) atoms. The number of carbonyl (C=O) groups is 2. The molecular formula is C27H24N2O4. The smallest absolute Gasteiger partial charge is 0.320 e. The highest BCUT2D eigenvalue weighted by molar-refractivity contribution is 6.16. The molecule has 4 rings (SSSR count). The summed E-state index contributed by atoms with van der Waals surface area (Å²) in [5, 5.41) is 5.75. The van der Waals surface area contributed by atoms with Crippen molar-refractivity contribution in [2.24, 2.45) is 0 Å². The minimum atomic E-state index is -0.691. The van der Waals surface area contributed by atoms with E-state index in [-0.39, 0.29) is 5.78 Å².